The maximum Gasteiger partial charge on any atom is 0.0998 e. The van der Waals surface area contributed by atoms with Crippen molar-refractivity contribution >= 4 is 10.8 Å². The highest BCUT2D eigenvalue weighted by molar-refractivity contribution is 5.94. The summed E-state index contributed by atoms with van der Waals surface area (Å²) < 4.78 is 0. The van der Waals surface area contributed by atoms with Gasteiger partial charge in [-0.25, -0.2) is 0 Å². The van der Waals surface area contributed by atoms with E-state index in [1.54, 1.807) is 12.1 Å². The molecule has 2 aromatic carbocycles. The van der Waals surface area contributed by atoms with Crippen molar-refractivity contribution in [2.45, 2.75) is 6.92 Å². The number of nitriles is 2. The number of benzene rings is 2. The molecule has 0 aliphatic carbocycles. The molecule has 15 heavy (non-hydrogen) atoms. The predicted molar refractivity (Wildman–Crippen MR) is 58.1 cm³/mol. The van der Waals surface area contributed by atoms with Crippen LogP contribution in [0.3, 0.4) is 0 Å². The van der Waals surface area contributed by atoms with Gasteiger partial charge in [-0.05, 0) is 24.6 Å². The largest absolute Gasteiger partial charge is 0.192 e. The van der Waals surface area contributed by atoms with Gasteiger partial charge in [0, 0.05) is 10.8 Å². The van der Waals surface area contributed by atoms with Gasteiger partial charge in [-0.2, -0.15) is 10.5 Å². The summed E-state index contributed by atoms with van der Waals surface area (Å²) in [5, 5.41) is 19.7. The second-order valence-corrected chi connectivity index (χ2v) is 3.38. The molecule has 0 aliphatic heterocycles. The lowest BCUT2D eigenvalue weighted by Crippen LogP contribution is -1.87. The number of fused-ring (bicyclic) bond motifs is 1. The van der Waals surface area contributed by atoms with Crippen LogP contribution in [0.15, 0.2) is 30.3 Å². The van der Waals surface area contributed by atoms with Crippen LogP contribution in [0.4, 0.5) is 0 Å². The highest BCUT2D eigenvalue weighted by atomic mass is 14.3. The Kier molecular flexibility index (Phi) is 2.12. The molecule has 0 aromatic heterocycles. The third kappa shape index (κ3) is 1.33. The van der Waals surface area contributed by atoms with Gasteiger partial charge in [-0.1, -0.05) is 18.2 Å². The van der Waals surface area contributed by atoms with E-state index in [0.717, 1.165) is 16.3 Å². The SMILES string of the molecule is Cc1cccc2c(C#N)ccc(C#N)c12. The normalized spacial score (nSPS) is 9.53. The average Bonchev–Trinajstić information content (AvgIpc) is 2.28. The topological polar surface area (TPSA) is 47.6 Å². The lowest BCUT2D eigenvalue weighted by molar-refractivity contribution is 1.46. The van der Waals surface area contributed by atoms with E-state index in [9.17, 15) is 0 Å². The van der Waals surface area contributed by atoms with Crippen LogP contribution in [0.2, 0.25) is 0 Å². The second-order valence-electron chi connectivity index (χ2n) is 3.38. The van der Waals surface area contributed by atoms with E-state index in [4.69, 9.17) is 10.5 Å². The standard InChI is InChI=1S/C13H8N2/c1-9-3-2-4-12-10(7-14)5-6-11(8-15)13(9)12/h2-6H,1H3. The van der Waals surface area contributed by atoms with Gasteiger partial charge in [0.2, 0.25) is 0 Å². The summed E-state index contributed by atoms with van der Waals surface area (Å²) >= 11 is 0. The van der Waals surface area contributed by atoms with Gasteiger partial charge in [0.25, 0.3) is 0 Å². The minimum absolute atomic E-state index is 0.618. The molecule has 70 valence electrons. The lowest BCUT2D eigenvalue weighted by atomic mass is 9.97. The third-order valence-corrected chi connectivity index (χ3v) is 2.49. The fourth-order valence-corrected chi connectivity index (χ4v) is 1.78. The maximum absolute atomic E-state index is 8.99. The van der Waals surface area contributed by atoms with E-state index in [1.807, 2.05) is 25.1 Å². The molecule has 0 spiro atoms. The Morgan fingerprint density at radius 2 is 1.60 bits per heavy atom. The van der Waals surface area contributed by atoms with E-state index < -0.39 is 0 Å². The molecular formula is C13H8N2. The molecule has 2 nitrogen and oxygen atoms in total. The second kappa shape index (κ2) is 3.44. The summed E-state index contributed by atoms with van der Waals surface area (Å²) in [5.74, 6) is 0. The molecule has 0 N–H and O–H groups in total. The van der Waals surface area contributed by atoms with Crippen molar-refractivity contribution in [1.82, 2.24) is 0 Å². The Bertz CT molecular complexity index is 613. The molecule has 0 heterocycles. The van der Waals surface area contributed by atoms with E-state index >= 15 is 0 Å². The highest BCUT2D eigenvalue weighted by Gasteiger charge is 2.06. The van der Waals surface area contributed by atoms with E-state index in [1.165, 1.54) is 0 Å². The van der Waals surface area contributed by atoms with Crippen LogP contribution >= 0.6 is 0 Å². The first-order valence-corrected chi connectivity index (χ1v) is 4.60. The zero-order chi connectivity index (χ0) is 10.8. The molecule has 0 saturated carbocycles. The van der Waals surface area contributed by atoms with Crippen LogP contribution in [-0.2, 0) is 0 Å². The van der Waals surface area contributed by atoms with Crippen LogP contribution in [0.25, 0.3) is 10.8 Å². The van der Waals surface area contributed by atoms with Crippen molar-refractivity contribution in [3.63, 3.8) is 0 Å². The lowest BCUT2D eigenvalue weighted by Gasteiger charge is -2.04. The molecule has 0 bridgehead atoms. The Hall–Kier alpha value is -2.32. The molecule has 0 fully saturated rings. The van der Waals surface area contributed by atoms with Crippen molar-refractivity contribution < 1.29 is 0 Å². The maximum atomic E-state index is 8.99. The van der Waals surface area contributed by atoms with Gasteiger partial charge in [-0.15, -0.1) is 0 Å². The first-order valence-electron chi connectivity index (χ1n) is 4.60. The van der Waals surface area contributed by atoms with Crippen molar-refractivity contribution in [3.05, 3.63) is 47.0 Å². The predicted octanol–water partition coefficient (Wildman–Crippen LogP) is 2.89. The fourth-order valence-electron chi connectivity index (χ4n) is 1.78. The molecule has 0 atom stereocenters. The minimum Gasteiger partial charge on any atom is -0.192 e. The average molecular weight is 192 g/mol. The van der Waals surface area contributed by atoms with E-state index in [0.29, 0.717) is 11.1 Å². The fraction of sp³-hybridized carbons (Fsp3) is 0.0769. The number of rotatable bonds is 0. The summed E-state index contributed by atoms with van der Waals surface area (Å²) in [6.07, 6.45) is 0. The van der Waals surface area contributed by atoms with E-state index in [-0.39, 0.29) is 0 Å². The summed E-state index contributed by atoms with van der Waals surface area (Å²) in [5.41, 5.74) is 2.27. The summed E-state index contributed by atoms with van der Waals surface area (Å²) in [6.45, 7) is 1.95. The zero-order valence-electron chi connectivity index (χ0n) is 8.28. The van der Waals surface area contributed by atoms with Gasteiger partial charge in [0.15, 0.2) is 0 Å². The Balaban J connectivity index is 3.03. The molecule has 2 rings (SSSR count). The van der Waals surface area contributed by atoms with Crippen LogP contribution in [0.5, 0.6) is 0 Å². The first-order chi connectivity index (χ1) is 7.27. The van der Waals surface area contributed by atoms with Crippen LogP contribution in [-0.4, -0.2) is 0 Å². The number of hydrogen-bond donors (Lipinski definition) is 0. The molecular weight excluding hydrogens is 184 g/mol. The smallest absolute Gasteiger partial charge is 0.0998 e. The first kappa shape index (κ1) is 9.24. The summed E-state index contributed by atoms with van der Waals surface area (Å²) in [7, 11) is 0. The van der Waals surface area contributed by atoms with Crippen LogP contribution in [0.1, 0.15) is 16.7 Å². The molecule has 0 radical (unpaired) electrons. The van der Waals surface area contributed by atoms with Gasteiger partial charge in [-0.3, -0.25) is 0 Å². The monoisotopic (exact) mass is 192 g/mol. The number of hydrogen-bond acceptors (Lipinski definition) is 2. The van der Waals surface area contributed by atoms with Gasteiger partial charge < -0.3 is 0 Å². The Morgan fingerprint density at radius 3 is 2.27 bits per heavy atom. The van der Waals surface area contributed by atoms with Crippen molar-refractivity contribution in [2.75, 3.05) is 0 Å². The minimum atomic E-state index is 0.618. The van der Waals surface area contributed by atoms with Crippen LogP contribution < -0.4 is 0 Å². The van der Waals surface area contributed by atoms with Crippen molar-refractivity contribution in [2.24, 2.45) is 0 Å². The molecule has 2 heteroatoms. The van der Waals surface area contributed by atoms with Gasteiger partial charge in [0.1, 0.15) is 0 Å². The van der Waals surface area contributed by atoms with E-state index in [2.05, 4.69) is 12.1 Å². The molecule has 0 amide bonds. The quantitative estimate of drug-likeness (QED) is 0.644. The zero-order valence-corrected chi connectivity index (χ0v) is 8.28. The Labute approximate surface area is 88.0 Å². The number of aryl methyl sites for hydroxylation is 1. The molecule has 0 aliphatic rings. The molecule has 0 saturated heterocycles. The van der Waals surface area contributed by atoms with Gasteiger partial charge in [0.05, 0.1) is 23.3 Å². The molecule has 2 aromatic rings. The summed E-state index contributed by atoms with van der Waals surface area (Å²) in [4.78, 5) is 0. The van der Waals surface area contributed by atoms with Crippen molar-refractivity contribution in [1.29, 1.82) is 10.5 Å². The van der Waals surface area contributed by atoms with Crippen LogP contribution in [0, 0.1) is 29.6 Å². The molecule has 0 unspecified atom stereocenters. The summed E-state index contributed by atoms with van der Waals surface area (Å²) in [6, 6.07) is 13.4. The third-order valence-electron chi connectivity index (χ3n) is 2.49. The number of nitrogens with zero attached hydrogens (tertiary/aromatic N) is 2. The highest BCUT2D eigenvalue weighted by Crippen LogP contribution is 2.25. The Morgan fingerprint density at radius 1 is 0.933 bits per heavy atom. The van der Waals surface area contributed by atoms with Gasteiger partial charge >= 0.3 is 0 Å². The van der Waals surface area contributed by atoms with Crippen molar-refractivity contribution in [3.8, 4) is 12.1 Å².